The molecule has 4 rings (SSSR count). The van der Waals surface area contributed by atoms with Crippen LogP contribution in [0.4, 0.5) is 0 Å². The van der Waals surface area contributed by atoms with Crippen molar-refractivity contribution in [2.75, 3.05) is 13.2 Å². The fraction of sp³-hybridized carbons (Fsp3) is 0.188. The van der Waals surface area contributed by atoms with Gasteiger partial charge < -0.3 is 18.9 Å². The SMILES string of the molecule is CCOc1cc(COc2c(Cl)cc(/C=N/NC(=O)c3ccccc3)cc2OCC)ccc1OCc1ccccc1. The van der Waals surface area contributed by atoms with Crippen molar-refractivity contribution >= 4 is 23.7 Å². The molecule has 7 nitrogen and oxygen atoms in total. The van der Waals surface area contributed by atoms with E-state index in [1.54, 1.807) is 36.4 Å². The van der Waals surface area contributed by atoms with Gasteiger partial charge in [-0.1, -0.05) is 66.2 Å². The lowest BCUT2D eigenvalue weighted by atomic mass is 10.2. The Labute approximate surface area is 239 Å². The maximum atomic E-state index is 12.2. The molecule has 0 saturated carbocycles. The van der Waals surface area contributed by atoms with E-state index in [0.29, 0.717) is 59.0 Å². The molecule has 0 atom stereocenters. The van der Waals surface area contributed by atoms with Gasteiger partial charge in [0.15, 0.2) is 23.0 Å². The Morgan fingerprint density at radius 2 is 1.43 bits per heavy atom. The van der Waals surface area contributed by atoms with E-state index >= 15 is 0 Å². The number of halogens is 1. The molecule has 1 N–H and O–H groups in total. The number of hydrazone groups is 1. The third kappa shape index (κ3) is 8.01. The molecule has 0 radical (unpaired) electrons. The summed E-state index contributed by atoms with van der Waals surface area (Å²) in [6.45, 7) is 5.40. The average molecular weight is 559 g/mol. The molecule has 4 aromatic carbocycles. The Hall–Kier alpha value is -4.49. The van der Waals surface area contributed by atoms with Crippen molar-refractivity contribution in [2.24, 2.45) is 5.10 Å². The van der Waals surface area contributed by atoms with Crippen LogP contribution in [0.2, 0.25) is 5.02 Å². The number of carbonyl (C=O) groups excluding carboxylic acids is 1. The summed E-state index contributed by atoms with van der Waals surface area (Å²) in [6, 6.07) is 28.0. The molecular formula is C32H31ClN2O5. The second kappa shape index (κ2) is 14.6. The Bertz CT molecular complexity index is 1430. The number of carbonyl (C=O) groups is 1. The first-order chi connectivity index (χ1) is 19.6. The zero-order chi connectivity index (χ0) is 28.2. The molecule has 0 aromatic heterocycles. The molecule has 0 aliphatic carbocycles. The summed E-state index contributed by atoms with van der Waals surface area (Å²) in [5.41, 5.74) is 5.62. The maximum Gasteiger partial charge on any atom is 0.271 e. The molecule has 206 valence electrons. The van der Waals surface area contributed by atoms with Gasteiger partial charge in [-0.2, -0.15) is 5.10 Å². The highest BCUT2D eigenvalue weighted by molar-refractivity contribution is 6.32. The van der Waals surface area contributed by atoms with E-state index < -0.39 is 0 Å². The second-order valence-corrected chi connectivity index (χ2v) is 9.01. The number of nitrogens with zero attached hydrogens (tertiary/aromatic N) is 1. The maximum absolute atomic E-state index is 12.2. The van der Waals surface area contributed by atoms with Crippen molar-refractivity contribution in [1.29, 1.82) is 0 Å². The van der Waals surface area contributed by atoms with Gasteiger partial charge in [-0.05, 0) is 66.9 Å². The molecule has 0 unspecified atom stereocenters. The Kier molecular flexibility index (Phi) is 10.4. The number of rotatable bonds is 13. The number of hydrogen-bond acceptors (Lipinski definition) is 6. The first-order valence-electron chi connectivity index (χ1n) is 13.0. The van der Waals surface area contributed by atoms with Crippen molar-refractivity contribution in [2.45, 2.75) is 27.1 Å². The summed E-state index contributed by atoms with van der Waals surface area (Å²) in [7, 11) is 0. The van der Waals surface area contributed by atoms with Crippen molar-refractivity contribution < 1.29 is 23.7 Å². The molecular weight excluding hydrogens is 528 g/mol. The first-order valence-corrected chi connectivity index (χ1v) is 13.3. The van der Waals surface area contributed by atoms with Crippen LogP contribution in [-0.4, -0.2) is 25.3 Å². The lowest BCUT2D eigenvalue weighted by Gasteiger charge is -2.16. The number of hydrogen-bond donors (Lipinski definition) is 1. The van der Waals surface area contributed by atoms with Gasteiger partial charge in [0, 0.05) is 5.56 Å². The molecule has 0 spiro atoms. The summed E-state index contributed by atoms with van der Waals surface area (Å²) in [6.07, 6.45) is 1.50. The topological polar surface area (TPSA) is 78.4 Å². The molecule has 0 aliphatic rings. The van der Waals surface area contributed by atoms with Crippen molar-refractivity contribution in [1.82, 2.24) is 5.43 Å². The minimum Gasteiger partial charge on any atom is -0.490 e. The van der Waals surface area contributed by atoms with Gasteiger partial charge in [0.1, 0.15) is 13.2 Å². The number of amides is 1. The normalized spacial score (nSPS) is 10.8. The molecule has 8 heteroatoms. The van der Waals surface area contributed by atoms with E-state index in [2.05, 4.69) is 10.5 Å². The second-order valence-electron chi connectivity index (χ2n) is 8.61. The molecule has 40 heavy (non-hydrogen) atoms. The molecule has 1 amide bonds. The van der Waals surface area contributed by atoms with Gasteiger partial charge in [-0.15, -0.1) is 0 Å². The van der Waals surface area contributed by atoms with E-state index in [4.69, 9.17) is 30.5 Å². The van der Waals surface area contributed by atoms with Gasteiger partial charge in [0.05, 0.1) is 24.5 Å². The van der Waals surface area contributed by atoms with Crippen LogP contribution in [0.15, 0.2) is 96.1 Å². The lowest BCUT2D eigenvalue weighted by molar-refractivity contribution is 0.0955. The summed E-state index contributed by atoms with van der Waals surface area (Å²) in [5, 5.41) is 4.40. The van der Waals surface area contributed by atoms with Gasteiger partial charge in [0.2, 0.25) is 0 Å². The van der Waals surface area contributed by atoms with Crippen LogP contribution in [0.1, 0.15) is 40.9 Å². The van der Waals surface area contributed by atoms with Gasteiger partial charge in [-0.3, -0.25) is 4.79 Å². The van der Waals surface area contributed by atoms with Crippen LogP contribution in [0.5, 0.6) is 23.0 Å². The van der Waals surface area contributed by atoms with E-state index in [1.807, 2.05) is 68.4 Å². The van der Waals surface area contributed by atoms with Crippen LogP contribution in [0.3, 0.4) is 0 Å². The molecule has 0 fully saturated rings. The lowest BCUT2D eigenvalue weighted by Crippen LogP contribution is -2.17. The van der Waals surface area contributed by atoms with Crippen LogP contribution in [0, 0.1) is 0 Å². The molecule has 0 saturated heterocycles. The van der Waals surface area contributed by atoms with E-state index in [1.165, 1.54) is 6.21 Å². The molecule has 0 aliphatic heterocycles. The summed E-state index contributed by atoms with van der Waals surface area (Å²) < 4.78 is 23.7. The third-order valence-corrected chi connectivity index (χ3v) is 5.96. The quantitative estimate of drug-likeness (QED) is 0.140. The van der Waals surface area contributed by atoms with E-state index in [9.17, 15) is 4.79 Å². The van der Waals surface area contributed by atoms with Crippen molar-refractivity contribution in [3.05, 3.63) is 118 Å². The van der Waals surface area contributed by atoms with Crippen LogP contribution in [0.25, 0.3) is 0 Å². The minimum atomic E-state index is -0.309. The summed E-state index contributed by atoms with van der Waals surface area (Å²) in [5.74, 6) is 1.87. The van der Waals surface area contributed by atoms with Crippen LogP contribution in [-0.2, 0) is 13.2 Å². The fourth-order valence-electron chi connectivity index (χ4n) is 3.81. The zero-order valence-corrected chi connectivity index (χ0v) is 23.2. The Morgan fingerprint density at radius 3 is 2.15 bits per heavy atom. The van der Waals surface area contributed by atoms with Crippen LogP contribution >= 0.6 is 11.6 Å². The third-order valence-electron chi connectivity index (χ3n) is 5.68. The fourth-order valence-corrected chi connectivity index (χ4v) is 4.08. The van der Waals surface area contributed by atoms with Gasteiger partial charge in [0.25, 0.3) is 5.91 Å². The number of nitrogens with one attached hydrogen (secondary N) is 1. The average Bonchev–Trinajstić information content (AvgIpc) is 2.97. The first kappa shape index (κ1) is 28.5. The Balaban J connectivity index is 1.44. The molecule has 0 heterocycles. The highest BCUT2D eigenvalue weighted by Gasteiger charge is 2.14. The summed E-state index contributed by atoms with van der Waals surface area (Å²) >= 11 is 6.58. The predicted molar refractivity (Wildman–Crippen MR) is 157 cm³/mol. The van der Waals surface area contributed by atoms with Crippen molar-refractivity contribution in [3.63, 3.8) is 0 Å². The van der Waals surface area contributed by atoms with Gasteiger partial charge >= 0.3 is 0 Å². The molecule has 4 aromatic rings. The van der Waals surface area contributed by atoms with Gasteiger partial charge in [-0.25, -0.2) is 5.43 Å². The number of ether oxygens (including phenoxy) is 4. The monoisotopic (exact) mass is 558 g/mol. The van der Waals surface area contributed by atoms with E-state index in [0.717, 1.165) is 11.1 Å². The number of benzene rings is 4. The van der Waals surface area contributed by atoms with E-state index in [-0.39, 0.29) is 12.5 Å². The zero-order valence-electron chi connectivity index (χ0n) is 22.4. The standard InChI is InChI=1S/C32H31ClN2O5/c1-3-37-29-18-24(15-16-28(29)39-21-23-11-7-5-8-12-23)22-40-31-27(33)17-25(19-30(31)38-4-2)20-34-35-32(36)26-13-9-6-10-14-26/h5-20H,3-4,21-22H2,1-2H3,(H,35,36)/b34-20+. The largest absolute Gasteiger partial charge is 0.490 e. The molecule has 0 bridgehead atoms. The summed E-state index contributed by atoms with van der Waals surface area (Å²) in [4.78, 5) is 12.2. The predicted octanol–water partition coefficient (Wildman–Crippen LogP) is 7.06. The van der Waals surface area contributed by atoms with Crippen molar-refractivity contribution in [3.8, 4) is 23.0 Å². The van der Waals surface area contributed by atoms with Crippen LogP contribution < -0.4 is 24.4 Å². The highest BCUT2D eigenvalue weighted by atomic mass is 35.5. The smallest absolute Gasteiger partial charge is 0.271 e. The Morgan fingerprint density at radius 1 is 0.750 bits per heavy atom. The minimum absolute atomic E-state index is 0.236. The highest BCUT2D eigenvalue weighted by Crippen LogP contribution is 2.37.